The van der Waals surface area contributed by atoms with E-state index in [1.165, 1.54) is 42.5 Å². The highest BCUT2D eigenvalue weighted by Gasteiger charge is 2.28. The SMILES string of the molecule is O=C(NCc1ccc(SC(F)(F)F)cc1)c1cccc([N+](=O)[O-])c1. The zero-order valence-corrected chi connectivity index (χ0v) is 12.9. The predicted molar refractivity (Wildman–Crippen MR) is 82.6 cm³/mol. The van der Waals surface area contributed by atoms with E-state index in [0.29, 0.717) is 5.56 Å². The van der Waals surface area contributed by atoms with Gasteiger partial charge in [-0.15, -0.1) is 0 Å². The minimum atomic E-state index is -4.35. The van der Waals surface area contributed by atoms with Crippen molar-refractivity contribution in [2.24, 2.45) is 0 Å². The first-order valence-electron chi connectivity index (χ1n) is 6.62. The van der Waals surface area contributed by atoms with E-state index in [9.17, 15) is 28.1 Å². The van der Waals surface area contributed by atoms with Gasteiger partial charge in [-0.25, -0.2) is 0 Å². The van der Waals surface area contributed by atoms with Crippen molar-refractivity contribution in [3.63, 3.8) is 0 Å². The molecule has 0 spiro atoms. The normalized spacial score (nSPS) is 11.1. The van der Waals surface area contributed by atoms with Crippen molar-refractivity contribution >= 4 is 23.4 Å². The molecule has 0 aliphatic carbocycles. The van der Waals surface area contributed by atoms with E-state index in [-0.39, 0.29) is 34.5 Å². The number of carbonyl (C=O) groups excluding carboxylic acids is 1. The molecular weight excluding hydrogens is 345 g/mol. The lowest BCUT2D eigenvalue weighted by Crippen LogP contribution is -2.22. The molecule has 0 heterocycles. The number of benzene rings is 2. The van der Waals surface area contributed by atoms with Crippen molar-refractivity contribution in [2.75, 3.05) is 0 Å². The fourth-order valence-corrected chi connectivity index (χ4v) is 2.39. The van der Waals surface area contributed by atoms with Gasteiger partial charge in [0.25, 0.3) is 11.6 Å². The molecule has 0 saturated heterocycles. The first kappa shape index (κ1) is 17.8. The highest BCUT2D eigenvalue weighted by Crippen LogP contribution is 2.36. The van der Waals surface area contributed by atoms with Crippen molar-refractivity contribution in [1.82, 2.24) is 5.32 Å². The first-order chi connectivity index (χ1) is 11.2. The number of nitro groups is 1. The maximum Gasteiger partial charge on any atom is 0.446 e. The Morgan fingerprint density at radius 1 is 1.17 bits per heavy atom. The third kappa shape index (κ3) is 5.27. The maximum absolute atomic E-state index is 12.2. The number of nitrogens with zero attached hydrogens (tertiary/aromatic N) is 1. The molecule has 5 nitrogen and oxygen atoms in total. The molecule has 0 radical (unpaired) electrons. The number of nitro benzene ring substituents is 1. The monoisotopic (exact) mass is 356 g/mol. The van der Waals surface area contributed by atoms with Gasteiger partial charge in [0, 0.05) is 29.1 Å². The van der Waals surface area contributed by atoms with Crippen LogP contribution in [0, 0.1) is 10.1 Å². The maximum atomic E-state index is 12.2. The minimum absolute atomic E-state index is 0.0521. The molecule has 0 unspecified atom stereocenters. The van der Waals surface area contributed by atoms with Crippen molar-refractivity contribution in [3.05, 3.63) is 69.8 Å². The van der Waals surface area contributed by atoms with Crippen LogP contribution in [0.3, 0.4) is 0 Å². The molecule has 0 atom stereocenters. The summed E-state index contributed by atoms with van der Waals surface area (Å²) in [6, 6.07) is 10.8. The van der Waals surface area contributed by atoms with E-state index in [4.69, 9.17) is 0 Å². The van der Waals surface area contributed by atoms with E-state index in [0.717, 1.165) is 6.07 Å². The number of nitrogens with one attached hydrogen (secondary N) is 1. The topological polar surface area (TPSA) is 72.2 Å². The average molecular weight is 356 g/mol. The number of amides is 1. The summed E-state index contributed by atoms with van der Waals surface area (Å²) in [5.41, 5.74) is -3.80. The Morgan fingerprint density at radius 2 is 1.83 bits per heavy atom. The quantitative estimate of drug-likeness (QED) is 0.497. The highest BCUT2D eigenvalue weighted by molar-refractivity contribution is 8.00. The molecular formula is C15H11F3N2O3S. The Labute approximate surface area is 139 Å². The van der Waals surface area contributed by atoms with Crippen molar-refractivity contribution < 1.29 is 22.9 Å². The van der Waals surface area contributed by atoms with Crippen LogP contribution in [-0.4, -0.2) is 16.3 Å². The minimum Gasteiger partial charge on any atom is -0.348 e. The number of carbonyl (C=O) groups is 1. The van der Waals surface area contributed by atoms with Gasteiger partial charge in [-0.05, 0) is 35.5 Å². The highest BCUT2D eigenvalue weighted by atomic mass is 32.2. The molecule has 9 heteroatoms. The van der Waals surface area contributed by atoms with Crippen LogP contribution in [0.5, 0.6) is 0 Å². The van der Waals surface area contributed by atoms with Crippen molar-refractivity contribution in [3.8, 4) is 0 Å². The van der Waals surface area contributed by atoms with Gasteiger partial charge in [-0.1, -0.05) is 18.2 Å². The lowest BCUT2D eigenvalue weighted by atomic mass is 10.1. The summed E-state index contributed by atoms with van der Waals surface area (Å²) < 4.78 is 36.7. The van der Waals surface area contributed by atoms with Crippen LogP contribution in [0.1, 0.15) is 15.9 Å². The molecule has 2 rings (SSSR count). The van der Waals surface area contributed by atoms with E-state index in [1.54, 1.807) is 0 Å². The first-order valence-corrected chi connectivity index (χ1v) is 7.43. The Morgan fingerprint density at radius 3 is 2.42 bits per heavy atom. The van der Waals surface area contributed by atoms with Crippen LogP contribution in [0.15, 0.2) is 53.4 Å². The van der Waals surface area contributed by atoms with Crippen molar-refractivity contribution in [1.29, 1.82) is 0 Å². The van der Waals surface area contributed by atoms with Gasteiger partial charge in [0.2, 0.25) is 0 Å². The van der Waals surface area contributed by atoms with Gasteiger partial charge in [-0.2, -0.15) is 13.2 Å². The van der Waals surface area contributed by atoms with Crippen LogP contribution in [0.25, 0.3) is 0 Å². The molecule has 2 aromatic carbocycles. The van der Waals surface area contributed by atoms with Crippen LogP contribution in [0.4, 0.5) is 18.9 Å². The number of non-ortho nitro benzene ring substituents is 1. The van der Waals surface area contributed by atoms with Crippen LogP contribution >= 0.6 is 11.8 Å². The second-order valence-electron chi connectivity index (χ2n) is 4.68. The van der Waals surface area contributed by atoms with Crippen LogP contribution < -0.4 is 5.32 Å². The number of rotatable bonds is 5. The molecule has 0 aliphatic heterocycles. The van der Waals surface area contributed by atoms with Gasteiger partial charge in [0.1, 0.15) is 0 Å². The van der Waals surface area contributed by atoms with E-state index >= 15 is 0 Å². The Balaban J connectivity index is 1.96. The van der Waals surface area contributed by atoms with Crippen molar-refractivity contribution in [2.45, 2.75) is 16.9 Å². The predicted octanol–water partition coefficient (Wildman–Crippen LogP) is 4.14. The average Bonchev–Trinajstić information content (AvgIpc) is 2.52. The Bertz CT molecular complexity index is 748. The summed E-state index contributed by atoms with van der Waals surface area (Å²) in [5, 5.41) is 13.2. The second-order valence-corrected chi connectivity index (χ2v) is 5.82. The number of alkyl halides is 3. The molecule has 1 N–H and O–H groups in total. The summed E-state index contributed by atoms with van der Waals surface area (Å²) in [6.45, 7) is 0.0957. The molecule has 0 saturated carbocycles. The number of hydrogen-bond donors (Lipinski definition) is 1. The molecule has 2 aromatic rings. The number of thioether (sulfide) groups is 1. The molecule has 0 aromatic heterocycles. The standard InChI is InChI=1S/C15H11F3N2O3S/c16-15(17,18)24-13-6-4-10(5-7-13)9-19-14(21)11-2-1-3-12(8-11)20(22)23/h1-8H,9H2,(H,19,21). The summed E-state index contributed by atoms with van der Waals surface area (Å²) in [4.78, 5) is 22.1. The fourth-order valence-electron chi connectivity index (χ4n) is 1.85. The largest absolute Gasteiger partial charge is 0.446 e. The zero-order valence-electron chi connectivity index (χ0n) is 12.0. The van der Waals surface area contributed by atoms with Crippen LogP contribution in [-0.2, 0) is 6.54 Å². The summed E-state index contributed by atoms with van der Waals surface area (Å²) in [5.74, 6) is -0.507. The molecule has 1 amide bonds. The Kier molecular flexibility index (Phi) is 5.45. The summed E-state index contributed by atoms with van der Waals surface area (Å²) >= 11 is -0.216. The second kappa shape index (κ2) is 7.35. The van der Waals surface area contributed by atoms with Gasteiger partial charge >= 0.3 is 5.51 Å². The smallest absolute Gasteiger partial charge is 0.348 e. The van der Waals surface area contributed by atoms with E-state index in [1.807, 2.05) is 0 Å². The molecule has 0 bridgehead atoms. The molecule has 24 heavy (non-hydrogen) atoms. The lowest BCUT2D eigenvalue weighted by molar-refractivity contribution is -0.384. The van der Waals surface area contributed by atoms with Gasteiger partial charge < -0.3 is 5.32 Å². The zero-order chi connectivity index (χ0) is 17.7. The van der Waals surface area contributed by atoms with E-state index in [2.05, 4.69) is 5.32 Å². The van der Waals surface area contributed by atoms with Crippen LogP contribution in [0.2, 0.25) is 0 Å². The van der Waals surface area contributed by atoms with Gasteiger partial charge in [0.15, 0.2) is 0 Å². The fraction of sp³-hybridized carbons (Fsp3) is 0.133. The number of halogens is 3. The summed E-state index contributed by atoms with van der Waals surface area (Å²) in [6.07, 6.45) is 0. The number of hydrogen-bond acceptors (Lipinski definition) is 4. The van der Waals surface area contributed by atoms with E-state index < -0.39 is 16.3 Å². The molecule has 126 valence electrons. The Hall–Kier alpha value is -2.55. The third-order valence-corrected chi connectivity index (χ3v) is 3.67. The molecule has 0 aliphatic rings. The third-order valence-electron chi connectivity index (χ3n) is 2.93. The lowest BCUT2D eigenvalue weighted by Gasteiger charge is -2.08. The van der Waals surface area contributed by atoms with Gasteiger partial charge in [-0.3, -0.25) is 14.9 Å². The summed E-state index contributed by atoms with van der Waals surface area (Å²) in [7, 11) is 0. The molecule has 0 fully saturated rings. The van der Waals surface area contributed by atoms with Gasteiger partial charge in [0.05, 0.1) is 4.92 Å².